The SMILES string of the molecule is C/C(=C\c1cnc(CN2CCC(c3cccc4c3O[C@@H](c3ccc(C)cc3)O4)CC2)n1C[C@@H]1CCO1)C(=O)O. The Morgan fingerprint density at radius 2 is 1.87 bits per heavy atom. The lowest BCUT2D eigenvalue weighted by Gasteiger charge is -2.33. The quantitative estimate of drug-likeness (QED) is 0.396. The van der Waals surface area contributed by atoms with Crippen LogP contribution in [0.4, 0.5) is 0 Å². The maximum atomic E-state index is 11.4. The second-order valence-corrected chi connectivity index (χ2v) is 10.8. The maximum Gasteiger partial charge on any atom is 0.331 e. The Hall–Kier alpha value is -3.62. The number of aryl methyl sites for hydroxylation is 1. The summed E-state index contributed by atoms with van der Waals surface area (Å²) in [5, 5.41) is 9.35. The number of ether oxygens (including phenoxy) is 3. The lowest BCUT2D eigenvalue weighted by molar-refractivity contribution is -0.132. The van der Waals surface area contributed by atoms with E-state index in [4.69, 9.17) is 19.2 Å². The zero-order valence-corrected chi connectivity index (χ0v) is 22.5. The van der Waals surface area contributed by atoms with Crippen LogP contribution < -0.4 is 9.47 Å². The van der Waals surface area contributed by atoms with Crippen molar-refractivity contribution >= 4 is 12.0 Å². The first-order valence-corrected chi connectivity index (χ1v) is 13.8. The molecule has 0 radical (unpaired) electrons. The molecule has 3 aliphatic heterocycles. The number of benzene rings is 2. The third-order valence-corrected chi connectivity index (χ3v) is 8.06. The van der Waals surface area contributed by atoms with Crippen LogP contribution in [0.25, 0.3) is 6.08 Å². The number of aliphatic carboxylic acids is 1. The monoisotopic (exact) mass is 529 g/mol. The van der Waals surface area contributed by atoms with E-state index in [0.717, 1.165) is 74.1 Å². The van der Waals surface area contributed by atoms with Gasteiger partial charge in [-0.15, -0.1) is 0 Å². The van der Waals surface area contributed by atoms with Crippen LogP contribution in [-0.4, -0.2) is 51.3 Å². The molecule has 3 aliphatic rings. The number of nitrogens with zero attached hydrogens (tertiary/aromatic N) is 3. The summed E-state index contributed by atoms with van der Waals surface area (Å²) in [6, 6.07) is 14.5. The second-order valence-electron chi connectivity index (χ2n) is 10.8. The zero-order chi connectivity index (χ0) is 26.9. The van der Waals surface area contributed by atoms with Crippen LogP contribution in [0.1, 0.15) is 66.6 Å². The Balaban J connectivity index is 1.13. The van der Waals surface area contributed by atoms with Crippen LogP contribution in [0, 0.1) is 6.92 Å². The number of aromatic nitrogens is 2. The topological polar surface area (TPSA) is 86.0 Å². The van der Waals surface area contributed by atoms with Crippen molar-refractivity contribution in [2.45, 2.75) is 64.5 Å². The molecule has 1 N–H and O–H groups in total. The minimum atomic E-state index is -0.918. The standard InChI is InChI=1S/C31H35N3O5/c1-20-6-8-23(9-7-20)31-38-27-5-3-4-26(29(27)39-31)22-10-13-33(14-11-22)19-28-32-17-24(16-21(2)30(35)36)34(28)18-25-12-15-37-25/h3-9,16-17,22,25,31H,10-15,18-19H2,1-2H3,(H,35,36)/b21-16+/t25-,31-/m0/s1. The summed E-state index contributed by atoms with van der Waals surface area (Å²) < 4.78 is 20.3. The number of carbonyl (C=O) groups is 1. The smallest absolute Gasteiger partial charge is 0.331 e. The van der Waals surface area contributed by atoms with Gasteiger partial charge in [0.05, 0.1) is 31.1 Å². The van der Waals surface area contributed by atoms with Gasteiger partial charge in [0.1, 0.15) is 5.82 Å². The molecule has 0 bridgehead atoms. The van der Waals surface area contributed by atoms with Gasteiger partial charge in [0.2, 0.25) is 0 Å². The number of hydrogen-bond donors (Lipinski definition) is 1. The Morgan fingerprint density at radius 1 is 1.10 bits per heavy atom. The van der Waals surface area contributed by atoms with Crippen LogP contribution in [0.3, 0.4) is 0 Å². The highest BCUT2D eigenvalue weighted by Gasteiger charge is 2.32. The molecule has 0 unspecified atom stereocenters. The minimum Gasteiger partial charge on any atom is -0.478 e. The van der Waals surface area contributed by atoms with E-state index >= 15 is 0 Å². The van der Waals surface area contributed by atoms with E-state index in [1.807, 2.05) is 6.07 Å². The van der Waals surface area contributed by atoms with Crippen molar-refractivity contribution in [2.75, 3.05) is 19.7 Å². The van der Waals surface area contributed by atoms with Crippen molar-refractivity contribution in [2.24, 2.45) is 0 Å². The average molecular weight is 530 g/mol. The van der Waals surface area contributed by atoms with E-state index in [-0.39, 0.29) is 6.10 Å². The number of likely N-dealkylation sites (tertiary alicyclic amines) is 1. The molecular weight excluding hydrogens is 494 g/mol. The predicted octanol–water partition coefficient (Wildman–Crippen LogP) is 5.32. The minimum absolute atomic E-state index is 0.159. The Kier molecular flexibility index (Phi) is 7.14. The lowest BCUT2D eigenvalue weighted by Crippen LogP contribution is -2.35. The van der Waals surface area contributed by atoms with Gasteiger partial charge in [-0.3, -0.25) is 4.90 Å². The number of rotatable bonds is 8. The zero-order valence-electron chi connectivity index (χ0n) is 22.5. The van der Waals surface area contributed by atoms with Gasteiger partial charge >= 0.3 is 5.97 Å². The molecule has 39 heavy (non-hydrogen) atoms. The van der Waals surface area contributed by atoms with Crippen molar-refractivity contribution in [1.82, 2.24) is 14.5 Å². The van der Waals surface area contributed by atoms with Crippen molar-refractivity contribution < 1.29 is 24.1 Å². The Labute approximate surface area is 228 Å². The average Bonchev–Trinajstić information content (AvgIpc) is 3.51. The third kappa shape index (κ3) is 5.44. The number of fused-ring (bicyclic) bond motifs is 1. The fourth-order valence-electron chi connectivity index (χ4n) is 5.58. The number of hydrogen-bond acceptors (Lipinski definition) is 6. The van der Waals surface area contributed by atoms with Gasteiger partial charge in [-0.05, 0) is 64.3 Å². The van der Waals surface area contributed by atoms with E-state index < -0.39 is 12.3 Å². The van der Waals surface area contributed by atoms with E-state index in [9.17, 15) is 9.90 Å². The highest BCUT2D eigenvalue weighted by Crippen LogP contribution is 2.47. The van der Waals surface area contributed by atoms with E-state index in [2.05, 4.69) is 52.8 Å². The lowest BCUT2D eigenvalue weighted by atomic mass is 9.88. The molecule has 2 atom stereocenters. The summed E-state index contributed by atoms with van der Waals surface area (Å²) in [7, 11) is 0. The molecule has 4 heterocycles. The first-order valence-electron chi connectivity index (χ1n) is 13.8. The number of carboxylic acids is 1. The van der Waals surface area contributed by atoms with Gasteiger partial charge in [-0.25, -0.2) is 9.78 Å². The second kappa shape index (κ2) is 10.9. The molecule has 0 spiro atoms. The van der Waals surface area contributed by atoms with Crippen molar-refractivity contribution in [1.29, 1.82) is 0 Å². The Morgan fingerprint density at radius 3 is 2.56 bits per heavy atom. The molecular formula is C31H35N3O5. The van der Waals surface area contributed by atoms with Crippen molar-refractivity contribution in [3.8, 4) is 11.5 Å². The molecule has 2 fully saturated rings. The molecule has 8 nitrogen and oxygen atoms in total. The fourth-order valence-corrected chi connectivity index (χ4v) is 5.58. The van der Waals surface area contributed by atoms with Crippen LogP contribution in [0.2, 0.25) is 0 Å². The van der Waals surface area contributed by atoms with Crippen molar-refractivity contribution in [3.63, 3.8) is 0 Å². The highest BCUT2D eigenvalue weighted by molar-refractivity contribution is 5.91. The first-order chi connectivity index (χ1) is 18.9. The van der Waals surface area contributed by atoms with E-state index in [1.165, 1.54) is 11.1 Å². The van der Waals surface area contributed by atoms with Gasteiger partial charge < -0.3 is 23.9 Å². The highest BCUT2D eigenvalue weighted by atomic mass is 16.7. The van der Waals surface area contributed by atoms with Gasteiger partial charge in [-0.1, -0.05) is 42.0 Å². The summed E-state index contributed by atoms with van der Waals surface area (Å²) >= 11 is 0. The molecule has 1 aromatic heterocycles. The summed E-state index contributed by atoms with van der Waals surface area (Å²) in [6.07, 6.45) is 6.29. The molecule has 0 saturated carbocycles. The number of imidazole rings is 1. The first kappa shape index (κ1) is 25.6. The van der Waals surface area contributed by atoms with E-state index in [1.54, 1.807) is 19.2 Å². The molecule has 0 amide bonds. The molecule has 6 rings (SSSR count). The van der Waals surface area contributed by atoms with Gasteiger partial charge in [0.25, 0.3) is 6.29 Å². The van der Waals surface area contributed by atoms with Crippen LogP contribution in [-0.2, 0) is 22.6 Å². The molecule has 8 heteroatoms. The molecule has 204 valence electrons. The largest absolute Gasteiger partial charge is 0.478 e. The molecule has 0 aliphatic carbocycles. The van der Waals surface area contributed by atoms with Crippen LogP contribution >= 0.6 is 0 Å². The molecule has 2 aromatic carbocycles. The molecule has 3 aromatic rings. The van der Waals surface area contributed by atoms with Crippen molar-refractivity contribution in [3.05, 3.63) is 82.4 Å². The number of carboxylic acid groups (broad SMARTS) is 1. The summed E-state index contributed by atoms with van der Waals surface area (Å²) in [6.45, 7) is 7.78. The van der Waals surface area contributed by atoms with E-state index in [0.29, 0.717) is 18.0 Å². The Bertz CT molecular complexity index is 1370. The predicted molar refractivity (Wildman–Crippen MR) is 147 cm³/mol. The van der Waals surface area contributed by atoms with Crippen LogP contribution in [0.15, 0.2) is 54.2 Å². The van der Waals surface area contributed by atoms with Gasteiger partial charge in [0.15, 0.2) is 11.5 Å². The third-order valence-electron chi connectivity index (χ3n) is 8.06. The molecule has 2 saturated heterocycles. The number of piperidine rings is 1. The normalized spacial score (nSPS) is 21.6. The van der Waals surface area contributed by atoms with Crippen LogP contribution in [0.5, 0.6) is 11.5 Å². The summed E-state index contributed by atoms with van der Waals surface area (Å²) in [4.78, 5) is 18.5. The summed E-state index contributed by atoms with van der Waals surface area (Å²) in [5.74, 6) is 2.13. The number of para-hydroxylation sites is 1. The fraction of sp³-hybridized carbons (Fsp3) is 0.419. The summed E-state index contributed by atoms with van der Waals surface area (Å²) in [5.41, 5.74) is 4.57. The van der Waals surface area contributed by atoms with Gasteiger partial charge in [-0.2, -0.15) is 0 Å². The maximum absolute atomic E-state index is 11.4. The van der Waals surface area contributed by atoms with Gasteiger partial charge in [0, 0.05) is 23.3 Å².